The molecule has 0 aromatic heterocycles. The average molecular weight is 200 g/mol. The van der Waals surface area contributed by atoms with Gasteiger partial charge in [-0.1, -0.05) is 33.1 Å². The molecule has 0 unspecified atom stereocenters. The minimum atomic E-state index is -0.303. The van der Waals surface area contributed by atoms with Gasteiger partial charge in [-0.05, 0) is 24.7 Å². The van der Waals surface area contributed by atoms with E-state index in [0.29, 0.717) is 11.8 Å². The van der Waals surface area contributed by atoms with Gasteiger partial charge in [-0.25, -0.2) is 0 Å². The van der Waals surface area contributed by atoms with Crippen molar-refractivity contribution in [3.63, 3.8) is 0 Å². The van der Waals surface area contributed by atoms with Crippen LogP contribution in [0.5, 0.6) is 0 Å². The Hall–Kier alpha value is -0.0800. The van der Waals surface area contributed by atoms with E-state index in [1.807, 2.05) is 0 Å². The van der Waals surface area contributed by atoms with Crippen LogP contribution in [0.3, 0.4) is 0 Å². The summed E-state index contributed by atoms with van der Waals surface area (Å²) >= 11 is 0. The lowest BCUT2D eigenvalue weighted by atomic mass is 9.81. The molecule has 0 aromatic carbocycles. The summed E-state index contributed by atoms with van der Waals surface area (Å²) < 4.78 is 5.46. The summed E-state index contributed by atoms with van der Waals surface area (Å²) in [5.74, 6) is 0.869. The van der Waals surface area contributed by atoms with Crippen LogP contribution in [0.25, 0.3) is 0 Å². The maximum atomic E-state index is 10.0. The molecule has 14 heavy (non-hydrogen) atoms. The normalized spacial score (nSPS) is 23.8. The smallest absolute Gasteiger partial charge is 0.0860 e. The molecule has 1 rings (SSSR count). The van der Waals surface area contributed by atoms with Gasteiger partial charge in [0.1, 0.15) is 0 Å². The molecular weight excluding hydrogens is 176 g/mol. The van der Waals surface area contributed by atoms with Crippen molar-refractivity contribution in [2.24, 2.45) is 11.8 Å². The second-order valence-electron chi connectivity index (χ2n) is 4.83. The van der Waals surface area contributed by atoms with E-state index in [-0.39, 0.29) is 12.2 Å². The van der Waals surface area contributed by atoms with Crippen LogP contribution in [-0.2, 0) is 4.74 Å². The quantitative estimate of drug-likeness (QED) is 0.756. The Morgan fingerprint density at radius 3 is 2.14 bits per heavy atom. The highest BCUT2D eigenvalue weighted by Gasteiger charge is 2.30. The van der Waals surface area contributed by atoms with Crippen LogP contribution in [0, 0.1) is 11.8 Å². The first kappa shape index (κ1) is 12.0. The van der Waals surface area contributed by atoms with Crippen LogP contribution in [0.1, 0.15) is 46.0 Å². The Morgan fingerprint density at radius 2 is 1.71 bits per heavy atom. The van der Waals surface area contributed by atoms with Crippen molar-refractivity contribution in [2.45, 2.75) is 58.2 Å². The summed E-state index contributed by atoms with van der Waals surface area (Å²) in [6, 6.07) is 0. The molecule has 2 nitrogen and oxygen atoms in total. The number of methoxy groups -OCH3 is 1. The van der Waals surface area contributed by atoms with E-state index in [1.54, 1.807) is 7.11 Å². The highest BCUT2D eigenvalue weighted by molar-refractivity contribution is 4.81. The Bertz CT molecular complexity index is 150. The predicted molar refractivity (Wildman–Crippen MR) is 58.2 cm³/mol. The second kappa shape index (κ2) is 5.72. The van der Waals surface area contributed by atoms with Crippen LogP contribution in [0.15, 0.2) is 0 Å². The van der Waals surface area contributed by atoms with Gasteiger partial charge in [0, 0.05) is 7.11 Å². The topological polar surface area (TPSA) is 29.5 Å². The van der Waals surface area contributed by atoms with Gasteiger partial charge in [0.2, 0.25) is 0 Å². The lowest BCUT2D eigenvalue weighted by Gasteiger charge is -2.34. The lowest BCUT2D eigenvalue weighted by Crippen LogP contribution is -2.39. The van der Waals surface area contributed by atoms with E-state index in [9.17, 15) is 5.11 Å². The van der Waals surface area contributed by atoms with Crippen LogP contribution in [-0.4, -0.2) is 24.4 Å². The van der Waals surface area contributed by atoms with Crippen LogP contribution in [0.4, 0.5) is 0 Å². The van der Waals surface area contributed by atoms with E-state index >= 15 is 0 Å². The molecule has 0 bridgehead atoms. The van der Waals surface area contributed by atoms with Gasteiger partial charge in [-0.2, -0.15) is 0 Å². The van der Waals surface area contributed by atoms with Crippen LogP contribution >= 0.6 is 0 Å². The van der Waals surface area contributed by atoms with Gasteiger partial charge < -0.3 is 9.84 Å². The fraction of sp³-hybridized carbons (Fsp3) is 1.00. The molecule has 0 radical (unpaired) electrons. The summed E-state index contributed by atoms with van der Waals surface area (Å²) in [6.45, 7) is 4.11. The first-order valence-electron chi connectivity index (χ1n) is 5.87. The molecule has 0 heterocycles. The molecule has 0 spiro atoms. The van der Waals surface area contributed by atoms with Crippen molar-refractivity contribution < 1.29 is 9.84 Å². The van der Waals surface area contributed by atoms with Gasteiger partial charge in [0.05, 0.1) is 12.2 Å². The third kappa shape index (κ3) is 2.96. The largest absolute Gasteiger partial charge is 0.390 e. The van der Waals surface area contributed by atoms with Crippen molar-refractivity contribution in [3.05, 3.63) is 0 Å². The molecule has 1 aliphatic carbocycles. The third-order valence-electron chi connectivity index (χ3n) is 3.41. The SMILES string of the molecule is CO[C@H](C1CCCCC1)[C@@H](O)C(C)C. The summed E-state index contributed by atoms with van der Waals surface area (Å²) in [6.07, 6.45) is 6.15. The van der Waals surface area contributed by atoms with Gasteiger partial charge in [0.25, 0.3) is 0 Å². The Kier molecular flexibility index (Phi) is 4.90. The summed E-state index contributed by atoms with van der Waals surface area (Å²) in [4.78, 5) is 0. The molecule has 1 N–H and O–H groups in total. The van der Waals surface area contributed by atoms with Gasteiger partial charge in [-0.3, -0.25) is 0 Å². The summed E-state index contributed by atoms with van der Waals surface area (Å²) in [7, 11) is 1.73. The minimum absolute atomic E-state index is 0.0512. The maximum Gasteiger partial charge on any atom is 0.0860 e. The van der Waals surface area contributed by atoms with E-state index in [0.717, 1.165) is 0 Å². The Labute approximate surface area is 87.7 Å². The molecule has 0 aromatic rings. The molecule has 1 fully saturated rings. The molecule has 1 saturated carbocycles. The van der Waals surface area contributed by atoms with E-state index in [4.69, 9.17) is 4.74 Å². The van der Waals surface area contributed by atoms with Gasteiger partial charge >= 0.3 is 0 Å². The van der Waals surface area contributed by atoms with Crippen LogP contribution < -0.4 is 0 Å². The number of aliphatic hydroxyl groups is 1. The van der Waals surface area contributed by atoms with Crippen molar-refractivity contribution in [3.8, 4) is 0 Å². The van der Waals surface area contributed by atoms with Gasteiger partial charge in [-0.15, -0.1) is 0 Å². The number of aliphatic hydroxyl groups excluding tert-OH is 1. The van der Waals surface area contributed by atoms with Crippen LogP contribution in [0.2, 0.25) is 0 Å². The predicted octanol–water partition coefficient (Wildman–Crippen LogP) is 2.60. The first-order chi connectivity index (χ1) is 6.66. The molecule has 0 saturated heterocycles. The zero-order valence-corrected chi connectivity index (χ0v) is 9.70. The fourth-order valence-electron chi connectivity index (χ4n) is 2.45. The molecule has 0 aliphatic heterocycles. The van der Waals surface area contributed by atoms with Gasteiger partial charge in [0.15, 0.2) is 0 Å². The van der Waals surface area contributed by atoms with E-state index in [1.165, 1.54) is 32.1 Å². The summed E-state index contributed by atoms with van der Waals surface area (Å²) in [5.41, 5.74) is 0. The zero-order valence-electron chi connectivity index (χ0n) is 9.70. The Balaban J connectivity index is 2.50. The molecule has 2 heteroatoms. The lowest BCUT2D eigenvalue weighted by molar-refractivity contribution is -0.0719. The Morgan fingerprint density at radius 1 is 1.14 bits per heavy atom. The number of hydrogen-bond acceptors (Lipinski definition) is 2. The third-order valence-corrected chi connectivity index (χ3v) is 3.41. The number of hydrogen-bond donors (Lipinski definition) is 1. The molecular formula is C12H24O2. The summed E-state index contributed by atoms with van der Waals surface area (Å²) in [5, 5.41) is 10.0. The van der Waals surface area contributed by atoms with E-state index in [2.05, 4.69) is 13.8 Å². The monoisotopic (exact) mass is 200 g/mol. The second-order valence-corrected chi connectivity index (χ2v) is 4.83. The highest BCUT2D eigenvalue weighted by atomic mass is 16.5. The molecule has 2 atom stereocenters. The molecule has 1 aliphatic rings. The number of ether oxygens (including phenoxy) is 1. The maximum absolute atomic E-state index is 10.0. The fourth-order valence-corrected chi connectivity index (χ4v) is 2.45. The number of rotatable bonds is 4. The molecule has 84 valence electrons. The van der Waals surface area contributed by atoms with Crippen molar-refractivity contribution in [1.29, 1.82) is 0 Å². The first-order valence-corrected chi connectivity index (χ1v) is 5.87. The minimum Gasteiger partial charge on any atom is -0.390 e. The van der Waals surface area contributed by atoms with E-state index < -0.39 is 0 Å². The zero-order chi connectivity index (χ0) is 10.6. The van der Waals surface area contributed by atoms with Crippen molar-refractivity contribution in [1.82, 2.24) is 0 Å². The molecule has 0 amide bonds. The van der Waals surface area contributed by atoms with Crippen molar-refractivity contribution >= 4 is 0 Å². The standard InChI is InChI=1S/C12H24O2/c1-9(2)11(13)12(14-3)10-7-5-4-6-8-10/h9-13H,4-8H2,1-3H3/t11-,12+/m0/s1. The van der Waals surface area contributed by atoms with Crippen molar-refractivity contribution in [2.75, 3.05) is 7.11 Å². The average Bonchev–Trinajstić information content (AvgIpc) is 2.20. The highest BCUT2D eigenvalue weighted by Crippen LogP contribution is 2.30.